The minimum absolute atomic E-state index is 0.00542. The summed E-state index contributed by atoms with van der Waals surface area (Å²) in [5, 5.41) is 11.5. The molecule has 1 aliphatic heterocycles. The molecule has 0 spiro atoms. The van der Waals surface area contributed by atoms with Crippen molar-refractivity contribution in [2.45, 2.75) is 19.6 Å². The summed E-state index contributed by atoms with van der Waals surface area (Å²) in [6, 6.07) is 9.59. The predicted molar refractivity (Wildman–Crippen MR) is 104 cm³/mol. The molecule has 3 amide bonds. The molecule has 0 aliphatic carbocycles. The Morgan fingerprint density at radius 1 is 1.20 bits per heavy atom. The molecule has 1 saturated heterocycles. The van der Waals surface area contributed by atoms with E-state index in [2.05, 4.69) is 5.32 Å². The van der Waals surface area contributed by atoms with Crippen molar-refractivity contribution in [1.29, 1.82) is 0 Å². The second-order valence-corrected chi connectivity index (χ2v) is 6.51. The highest BCUT2D eigenvalue weighted by molar-refractivity contribution is 6.13. The molecule has 2 aromatic rings. The van der Waals surface area contributed by atoms with E-state index in [0.717, 1.165) is 4.90 Å². The first-order valence-electron chi connectivity index (χ1n) is 8.95. The van der Waals surface area contributed by atoms with Gasteiger partial charge in [-0.15, -0.1) is 0 Å². The van der Waals surface area contributed by atoms with Gasteiger partial charge in [-0.05, 0) is 48.4 Å². The van der Waals surface area contributed by atoms with Crippen LogP contribution in [0.5, 0.6) is 11.5 Å². The normalized spacial score (nSPS) is 15.8. The average molecular weight is 414 g/mol. The summed E-state index contributed by atoms with van der Waals surface area (Å²) in [6.07, 6.45) is 0.400. The maximum absolute atomic E-state index is 13.0. The van der Waals surface area contributed by atoms with Crippen molar-refractivity contribution in [1.82, 2.24) is 10.2 Å². The van der Waals surface area contributed by atoms with Crippen LogP contribution in [-0.2, 0) is 16.1 Å². The van der Waals surface area contributed by atoms with E-state index in [1.807, 2.05) is 0 Å². The number of benzene rings is 2. The molecular formula is C21H19FN2O6. The van der Waals surface area contributed by atoms with Gasteiger partial charge in [0.05, 0.1) is 13.7 Å². The third-order valence-corrected chi connectivity index (χ3v) is 4.37. The van der Waals surface area contributed by atoms with Gasteiger partial charge in [-0.1, -0.05) is 18.2 Å². The first-order valence-corrected chi connectivity index (χ1v) is 8.95. The van der Waals surface area contributed by atoms with Crippen molar-refractivity contribution >= 4 is 24.0 Å². The Hall–Kier alpha value is -3.88. The molecule has 1 heterocycles. The molecule has 0 saturated carbocycles. The van der Waals surface area contributed by atoms with Gasteiger partial charge < -0.3 is 19.9 Å². The van der Waals surface area contributed by atoms with Crippen LogP contribution in [0, 0.1) is 5.82 Å². The second-order valence-electron chi connectivity index (χ2n) is 6.51. The summed E-state index contributed by atoms with van der Waals surface area (Å²) in [6.45, 7) is 1.39. The quantitative estimate of drug-likeness (QED) is 0.533. The maximum Gasteiger partial charge on any atom is 0.344 e. The number of nitrogens with zero attached hydrogens (tertiary/aromatic N) is 1. The van der Waals surface area contributed by atoms with Crippen molar-refractivity contribution in [2.75, 3.05) is 7.11 Å². The van der Waals surface area contributed by atoms with E-state index in [4.69, 9.17) is 14.6 Å². The number of nitrogens with one attached hydrogen (secondary N) is 1. The number of ether oxygens (including phenoxy) is 2. The number of imide groups is 1. The number of carboxylic acids is 1. The Morgan fingerprint density at radius 3 is 2.53 bits per heavy atom. The Morgan fingerprint density at radius 2 is 1.90 bits per heavy atom. The zero-order valence-corrected chi connectivity index (χ0v) is 16.2. The van der Waals surface area contributed by atoms with Gasteiger partial charge in [-0.25, -0.2) is 14.0 Å². The molecule has 30 heavy (non-hydrogen) atoms. The van der Waals surface area contributed by atoms with Gasteiger partial charge in [0.1, 0.15) is 11.5 Å². The van der Waals surface area contributed by atoms with Crippen LogP contribution in [-0.4, -0.2) is 41.1 Å². The van der Waals surface area contributed by atoms with Crippen LogP contribution in [0.4, 0.5) is 9.18 Å². The number of rotatable bonds is 7. The molecular weight excluding hydrogens is 395 g/mol. The summed E-state index contributed by atoms with van der Waals surface area (Å²) in [7, 11) is 1.40. The van der Waals surface area contributed by atoms with Crippen molar-refractivity contribution in [3.8, 4) is 11.5 Å². The number of carbonyl (C=O) groups is 3. The molecule has 0 aromatic heterocycles. The molecule has 1 aliphatic rings. The zero-order chi connectivity index (χ0) is 21.8. The Labute approximate surface area is 171 Å². The number of amides is 3. The van der Waals surface area contributed by atoms with Gasteiger partial charge in [-0.3, -0.25) is 9.69 Å². The Balaban J connectivity index is 1.79. The average Bonchev–Trinajstić information content (AvgIpc) is 2.97. The van der Waals surface area contributed by atoms with E-state index in [1.54, 1.807) is 12.1 Å². The lowest BCUT2D eigenvalue weighted by molar-refractivity contribution is -0.144. The van der Waals surface area contributed by atoms with Crippen molar-refractivity contribution in [3.63, 3.8) is 0 Å². The van der Waals surface area contributed by atoms with Gasteiger partial charge in [0.15, 0.2) is 17.6 Å². The first kappa shape index (κ1) is 20.8. The summed E-state index contributed by atoms with van der Waals surface area (Å²) in [4.78, 5) is 36.8. The Bertz CT molecular complexity index is 1020. The van der Waals surface area contributed by atoms with Crippen molar-refractivity contribution in [2.24, 2.45) is 0 Å². The van der Waals surface area contributed by atoms with Crippen LogP contribution in [0.1, 0.15) is 18.1 Å². The van der Waals surface area contributed by atoms with E-state index in [9.17, 15) is 18.8 Å². The molecule has 2 N–H and O–H groups in total. The monoisotopic (exact) mass is 414 g/mol. The summed E-state index contributed by atoms with van der Waals surface area (Å²) < 4.78 is 23.6. The number of urea groups is 1. The lowest BCUT2D eigenvalue weighted by Crippen LogP contribution is -2.30. The SMILES string of the molecule is COc1cc(/C=C2/NC(=O)N(Cc3ccc(F)cc3)C2=O)ccc1OC(C)C(=O)O. The van der Waals surface area contributed by atoms with Crippen LogP contribution in [0.15, 0.2) is 48.2 Å². The number of hydrogen-bond acceptors (Lipinski definition) is 5. The highest BCUT2D eigenvalue weighted by Crippen LogP contribution is 2.30. The number of halogens is 1. The van der Waals surface area contributed by atoms with Gasteiger partial charge in [0, 0.05) is 0 Å². The summed E-state index contributed by atoms with van der Waals surface area (Å²) >= 11 is 0. The molecule has 156 valence electrons. The van der Waals surface area contributed by atoms with Crippen LogP contribution < -0.4 is 14.8 Å². The van der Waals surface area contributed by atoms with Gasteiger partial charge in [0.25, 0.3) is 5.91 Å². The number of aliphatic carboxylic acids is 1. The minimum atomic E-state index is -1.12. The zero-order valence-electron chi connectivity index (χ0n) is 16.2. The van der Waals surface area contributed by atoms with Gasteiger partial charge in [0.2, 0.25) is 0 Å². The van der Waals surface area contributed by atoms with E-state index in [0.29, 0.717) is 11.1 Å². The van der Waals surface area contributed by atoms with Gasteiger partial charge >= 0.3 is 12.0 Å². The lowest BCUT2D eigenvalue weighted by Gasteiger charge is -2.14. The lowest BCUT2D eigenvalue weighted by atomic mass is 10.1. The van der Waals surface area contributed by atoms with E-state index < -0.39 is 29.8 Å². The summed E-state index contributed by atoms with van der Waals surface area (Å²) in [5.74, 6) is -1.55. The Kier molecular flexibility index (Phi) is 6.01. The largest absolute Gasteiger partial charge is 0.493 e. The smallest absolute Gasteiger partial charge is 0.344 e. The van der Waals surface area contributed by atoms with E-state index in [-0.39, 0.29) is 23.7 Å². The molecule has 1 unspecified atom stereocenters. The number of carboxylic acid groups (broad SMARTS) is 1. The van der Waals surface area contributed by atoms with Crippen LogP contribution in [0.2, 0.25) is 0 Å². The van der Waals surface area contributed by atoms with Crippen molar-refractivity contribution < 1.29 is 33.4 Å². The maximum atomic E-state index is 13.0. The molecule has 1 fully saturated rings. The standard InChI is InChI=1S/C21H19FN2O6/c1-12(20(26)27)30-17-8-5-14(10-18(17)29-2)9-16-19(25)24(21(28)23-16)11-13-3-6-15(22)7-4-13/h3-10,12H,11H2,1-2H3,(H,23,28)(H,26,27)/b16-9+. The summed E-state index contributed by atoms with van der Waals surface area (Å²) in [5.41, 5.74) is 1.21. The van der Waals surface area contributed by atoms with E-state index in [1.165, 1.54) is 50.4 Å². The van der Waals surface area contributed by atoms with Crippen LogP contribution in [0.3, 0.4) is 0 Å². The highest BCUT2D eigenvalue weighted by atomic mass is 19.1. The molecule has 8 nitrogen and oxygen atoms in total. The molecule has 0 bridgehead atoms. The highest BCUT2D eigenvalue weighted by Gasteiger charge is 2.33. The number of hydrogen-bond donors (Lipinski definition) is 2. The molecule has 2 aromatic carbocycles. The van der Waals surface area contributed by atoms with Crippen LogP contribution >= 0.6 is 0 Å². The number of methoxy groups -OCH3 is 1. The third-order valence-electron chi connectivity index (χ3n) is 4.37. The topological polar surface area (TPSA) is 105 Å². The fourth-order valence-corrected chi connectivity index (χ4v) is 2.77. The molecule has 1 atom stereocenters. The van der Waals surface area contributed by atoms with Gasteiger partial charge in [-0.2, -0.15) is 0 Å². The van der Waals surface area contributed by atoms with E-state index >= 15 is 0 Å². The molecule has 9 heteroatoms. The predicted octanol–water partition coefficient (Wildman–Crippen LogP) is 2.78. The third kappa shape index (κ3) is 4.57. The van der Waals surface area contributed by atoms with Crippen molar-refractivity contribution in [3.05, 3.63) is 65.1 Å². The second kappa shape index (κ2) is 8.64. The fraction of sp³-hybridized carbons (Fsp3) is 0.190. The molecule has 0 radical (unpaired) electrons. The number of carbonyl (C=O) groups excluding carboxylic acids is 2. The first-order chi connectivity index (χ1) is 14.3. The van der Waals surface area contributed by atoms with Crippen LogP contribution in [0.25, 0.3) is 6.08 Å². The minimum Gasteiger partial charge on any atom is -0.493 e. The fourth-order valence-electron chi connectivity index (χ4n) is 2.77. The molecule has 3 rings (SSSR count).